The van der Waals surface area contributed by atoms with E-state index in [1.165, 1.54) is 31.8 Å². The molecule has 0 radical (unpaired) electrons. The molecule has 2 aromatic heterocycles. The Labute approximate surface area is 193 Å². The molecule has 10 nitrogen and oxygen atoms in total. The fourth-order valence-corrected chi connectivity index (χ4v) is 4.93. The summed E-state index contributed by atoms with van der Waals surface area (Å²) in [6.45, 7) is 2.18. The van der Waals surface area contributed by atoms with Crippen LogP contribution in [0.4, 0.5) is 11.0 Å². The Balaban J connectivity index is 1.52. The van der Waals surface area contributed by atoms with Gasteiger partial charge in [-0.2, -0.15) is 10.1 Å². The molecule has 170 valence electrons. The van der Waals surface area contributed by atoms with Crippen LogP contribution in [0.3, 0.4) is 0 Å². The number of hydrogen-bond acceptors (Lipinski definition) is 11. The van der Waals surface area contributed by atoms with E-state index in [1.807, 2.05) is 34.5 Å². The second-order valence-electron chi connectivity index (χ2n) is 6.56. The van der Waals surface area contributed by atoms with Crippen LogP contribution in [0.5, 0.6) is 0 Å². The Morgan fingerprint density at radius 2 is 1.94 bits per heavy atom. The van der Waals surface area contributed by atoms with Crippen molar-refractivity contribution in [2.24, 2.45) is 5.10 Å². The first kappa shape index (κ1) is 22.9. The number of morpholine rings is 1. The first-order valence-electron chi connectivity index (χ1n) is 9.58. The average Bonchev–Trinajstić information content (AvgIpc) is 3.48. The molecule has 1 aliphatic rings. The van der Waals surface area contributed by atoms with Gasteiger partial charge in [0.2, 0.25) is 22.3 Å². The van der Waals surface area contributed by atoms with Gasteiger partial charge in [-0.05, 0) is 12.1 Å². The number of aromatic nitrogens is 2. The topological polar surface area (TPSA) is 111 Å². The number of halogens is 1. The van der Waals surface area contributed by atoms with E-state index in [0.717, 1.165) is 11.3 Å². The van der Waals surface area contributed by atoms with Gasteiger partial charge in [0.15, 0.2) is 0 Å². The van der Waals surface area contributed by atoms with E-state index < -0.39 is 7.60 Å². The lowest BCUT2D eigenvalue weighted by Gasteiger charge is -2.27. The molecule has 0 aliphatic carbocycles. The standard InChI is InChI=1S/C19H21ClN5O5PS/c1-27-31(26,28-2)17-18(25-7-9-29-10-8-25)30-16(23-17)11-21-24-19-22-15(12-32-19)13-3-5-14(20)6-4-13/h3-6,11-12H,7-10H2,1-2H3,(H,22,24)/b21-11-. The van der Waals surface area contributed by atoms with Crippen molar-refractivity contribution in [2.45, 2.75) is 0 Å². The molecule has 0 saturated carbocycles. The van der Waals surface area contributed by atoms with E-state index in [-0.39, 0.29) is 11.3 Å². The molecule has 0 bridgehead atoms. The summed E-state index contributed by atoms with van der Waals surface area (Å²) in [4.78, 5) is 10.7. The number of nitrogens with one attached hydrogen (secondary N) is 1. The Morgan fingerprint density at radius 1 is 1.22 bits per heavy atom. The second-order valence-corrected chi connectivity index (χ2v) is 10.0. The van der Waals surface area contributed by atoms with E-state index in [0.29, 0.717) is 42.3 Å². The predicted octanol–water partition coefficient (Wildman–Crippen LogP) is 3.85. The molecule has 1 aromatic carbocycles. The molecule has 1 saturated heterocycles. The summed E-state index contributed by atoms with van der Waals surface area (Å²) >= 11 is 7.33. The lowest BCUT2D eigenvalue weighted by Crippen LogP contribution is -2.38. The van der Waals surface area contributed by atoms with Gasteiger partial charge in [-0.3, -0.25) is 9.99 Å². The molecule has 0 spiro atoms. The number of oxazole rings is 1. The van der Waals surface area contributed by atoms with Crippen molar-refractivity contribution in [1.82, 2.24) is 9.97 Å². The predicted molar refractivity (Wildman–Crippen MR) is 125 cm³/mol. The van der Waals surface area contributed by atoms with Gasteiger partial charge in [-0.15, -0.1) is 11.3 Å². The summed E-state index contributed by atoms with van der Waals surface area (Å²) < 4.78 is 34.4. The molecule has 1 fully saturated rings. The zero-order valence-corrected chi connectivity index (χ0v) is 19.8. The van der Waals surface area contributed by atoms with E-state index in [4.69, 9.17) is 29.8 Å². The Bertz CT molecular complexity index is 1120. The monoisotopic (exact) mass is 497 g/mol. The molecule has 0 amide bonds. The van der Waals surface area contributed by atoms with Crippen LogP contribution >= 0.6 is 30.5 Å². The highest BCUT2D eigenvalue weighted by Crippen LogP contribution is 2.47. The van der Waals surface area contributed by atoms with E-state index in [9.17, 15) is 4.57 Å². The zero-order valence-electron chi connectivity index (χ0n) is 17.4. The Kier molecular flexibility index (Phi) is 7.24. The number of nitrogens with zero attached hydrogens (tertiary/aromatic N) is 4. The van der Waals surface area contributed by atoms with Crippen molar-refractivity contribution in [2.75, 3.05) is 50.8 Å². The first-order chi connectivity index (χ1) is 15.5. The summed E-state index contributed by atoms with van der Waals surface area (Å²) in [7, 11) is -1.02. The van der Waals surface area contributed by atoms with Crippen LogP contribution in [0.25, 0.3) is 11.3 Å². The normalized spacial score (nSPS) is 14.9. The van der Waals surface area contributed by atoms with E-state index in [2.05, 4.69) is 20.5 Å². The lowest BCUT2D eigenvalue weighted by atomic mass is 10.2. The highest BCUT2D eigenvalue weighted by molar-refractivity contribution is 7.62. The molecular formula is C19H21ClN5O5PS. The van der Waals surface area contributed by atoms with Gasteiger partial charge in [-0.25, -0.2) is 4.98 Å². The molecule has 0 unspecified atom stereocenters. The molecule has 1 N–H and O–H groups in total. The SMILES string of the molecule is COP(=O)(OC)c1nc(/C=N\Nc2nc(-c3ccc(Cl)cc3)cs2)oc1N1CCOCC1. The van der Waals surface area contributed by atoms with Crippen LogP contribution in [-0.2, 0) is 18.3 Å². The van der Waals surface area contributed by atoms with Crippen LogP contribution in [0.1, 0.15) is 5.89 Å². The fourth-order valence-electron chi connectivity index (χ4n) is 2.99. The maximum atomic E-state index is 13.0. The molecule has 0 atom stereocenters. The molecule has 4 rings (SSSR count). The largest absolute Gasteiger partial charge is 0.418 e. The molecule has 3 heterocycles. The van der Waals surface area contributed by atoms with Crippen molar-refractivity contribution in [3.8, 4) is 11.3 Å². The fraction of sp³-hybridized carbons (Fsp3) is 0.316. The minimum absolute atomic E-state index is 0.102. The van der Waals surface area contributed by atoms with Gasteiger partial charge in [0, 0.05) is 43.3 Å². The number of ether oxygens (including phenoxy) is 1. The third-order valence-electron chi connectivity index (χ3n) is 4.63. The van der Waals surface area contributed by atoms with Crippen molar-refractivity contribution < 1.29 is 22.8 Å². The zero-order chi connectivity index (χ0) is 22.6. The minimum atomic E-state index is -3.63. The van der Waals surface area contributed by atoms with Crippen LogP contribution in [0, 0.1) is 0 Å². The van der Waals surface area contributed by atoms with Crippen molar-refractivity contribution in [3.63, 3.8) is 0 Å². The van der Waals surface area contributed by atoms with Gasteiger partial charge in [0.05, 0.1) is 18.9 Å². The molecule has 32 heavy (non-hydrogen) atoms. The summed E-state index contributed by atoms with van der Waals surface area (Å²) in [5.74, 6) is 0.471. The molecule has 1 aliphatic heterocycles. The van der Waals surface area contributed by atoms with Crippen molar-refractivity contribution in [1.29, 1.82) is 0 Å². The quantitative estimate of drug-likeness (QED) is 0.282. The van der Waals surface area contributed by atoms with Gasteiger partial charge < -0.3 is 23.1 Å². The van der Waals surface area contributed by atoms with E-state index in [1.54, 1.807) is 0 Å². The highest BCUT2D eigenvalue weighted by atomic mass is 35.5. The third-order valence-corrected chi connectivity index (χ3v) is 7.40. The number of hydrogen-bond donors (Lipinski definition) is 1. The number of anilines is 2. The average molecular weight is 498 g/mol. The third kappa shape index (κ3) is 5.03. The lowest BCUT2D eigenvalue weighted by molar-refractivity contribution is 0.121. The van der Waals surface area contributed by atoms with Gasteiger partial charge in [-0.1, -0.05) is 23.7 Å². The van der Waals surface area contributed by atoms with Crippen LogP contribution in [0.2, 0.25) is 5.02 Å². The maximum absolute atomic E-state index is 13.0. The second kappa shape index (κ2) is 10.1. The number of hydrazone groups is 1. The maximum Gasteiger partial charge on any atom is 0.384 e. The first-order valence-corrected chi connectivity index (χ1v) is 12.4. The minimum Gasteiger partial charge on any atom is -0.418 e. The smallest absolute Gasteiger partial charge is 0.384 e. The Morgan fingerprint density at radius 3 is 2.62 bits per heavy atom. The summed E-state index contributed by atoms with van der Waals surface area (Å²) in [5.41, 5.74) is 4.71. The summed E-state index contributed by atoms with van der Waals surface area (Å²) in [5, 5.41) is 7.31. The summed E-state index contributed by atoms with van der Waals surface area (Å²) in [6, 6.07) is 7.42. The van der Waals surface area contributed by atoms with Crippen molar-refractivity contribution in [3.05, 3.63) is 40.6 Å². The van der Waals surface area contributed by atoms with Crippen LogP contribution in [-0.4, -0.2) is 56.7 Å². The number of rotatable bonds is 8. The number of benzene rings is 1. The molecule has 3 aromatic rings. The molecule has 13 heteroatoms. The van der Waals surface area contributed by atoms with Gasteiger partial charge >= 0.3 is 7.60 Å². The van der Waals surface area contributed by atoms with Gasteiger partial charge in [0.1, 0.15) is 6.21 Å². The number of thiazole rings is 1. The molecular weight excluding hydrogens is 477 g/mol. The summed E-state index contributed by atoms with van der Waals surface area (Å²) in [6.07, 6.45) is 1.38. The van der Waals surface area contributed by atoms with Gasteiger partial charge in [0.25, 0.3) is 0 Å². The van der Waals surface area contributed by atoms with E-state index >= 15 is 0 Å². The van der Waals surface area contributed by atoms with Crippen LogP contribution < -0.4 is 15.8 Å². The van der Waals surface area contributed by atoms with Crippen molar-refractivity contribution >= 4 is 53.2 Å². The Hall–Kier alpha value is -2.27. The van der Waals surface area contributed by atoms with Crippen LogP contribution in [0.15, 0.2) is 39.2 Å². The highest BCUT2D eigenvalue weighted by Gasteiger charge is 2.36.